The van der Waals surface area contributed by atoms with Gasteiger partial charge in [-0.05, 0) is 23.1 Å². The van der Waals surface area contributed by atoms with Crippen LogP contribution in [0.4, 0.5) is 5.69 Å². The van der Waals surface area contributed by atoms with Crippen LogP contribution in [0, 0.1) is 0 Å². The molecule has 0 unspecified atom stereocenters. The summed E-state index contributed by atoms with van der Waals surface area (Å²) >= 11 is 0. The number of rotatable bonds is 2. The number of nitrogens with zero attached hydrogens (tertiary/aromatic N) is 2. The molecule has 18 heavy (non-hydrogen) atoms. The zero-order valence-corrected chi connectivity index (χ0v) is 11.0. The molecule has 2 rings (SSSR count). The highest BCUT2D eigenvalue weighted by atomic mass is 16.5. The first-order valence-corrected chi connectivity index (χ1v) is 5.68. The topological polar surface area (TPSA) is 74.2 Å². The van der Waals surface area contributed by atoms with Gasteiger partial charge in [0.15, 0.2) is 5.75 Å². The summed E-state index contributed by atoms with van der Waals surface area (Å²) in [6.45, 7) is 6.35. The molecule has 0 aliphatic heterocycles. The predicted octanol–water partition coefficient (Wildman–Crippen LogP) is 2.62. The Balaban J connectivity index is 2.66. The fourth-order valence-corrected chi connectivity index (χ4v) is 1.76. The summed E-state index contributed by atoms with van der Waals surface area (Å²) in [6, 6.07) is 3.89. The van der Waals surface area contributed by atoms with Crippen molar-refractivity contribution in [1.29, 1.82) is 0 Å². The summed E-state index contributed by atoms with van der Waals surface area (Å²) in [5, 5.41) is 7.59. The van der Waals surface area contributed by atoms with Gasteiger partial charge in [0, 0.05) is 0 Å². The van der Waals surface area contributed by atoms with Crippen molar-refractivity contribution in [3.05, 3.63) is 24.1 Å². The van der Waals surface area contributed by atoms with Crippen LogP contribution in [-0.4, -0.2) is 17.3 Å². The second-order valence-corrected chi connectivity index (χ2v) is 5.14. The molecule has 0 radical (unpaired) electrons. The second-order valence-electron chi connectivity index (χ2n) is 5.14. The highest BCUT2D eigenvalue weighted by Crippen LogP contribution is 2.38. The summed E-state index contributed by atoms with van der Waals surface area (Å²) in [6.07, 6.45) is 1.29. The number of ether oxygens (including phenoxy) is 1. The third kappa shape index (κ3) is 2.16. The number of hydrogen-bond acceptors (Lipinski definition) is 5. The average molecular weight is 247 g/mol. The highest BCUT2D eigenvalue weighted by molar-refractivity contribution is 5.74. The van der Waals surface area contributed by atoms with Gasteiger partial charge in [0.25, 0.3) is 5.89 Å². The van der Waals surface area contributed by atoms with Crippen LogP contribution in [0.3, 0.4) is 0 Å². The standard InChI is InChI=1S/C13H17N3O2/c1-13(2,3)8-5-9(12-16-15-7-18-12)11(17-4)10(14)6-8/h5-7H,14H2,1-4H3. The van der Waals surface area contributed by atoms with Gasteiger partial charge in [-0.2, -0.15) is 0 Å². The van der Waals surface area contributed by atoms with Gasteiger partial charge in [-0.25, -0.2) is 0 Å². The number of methoxy groups -OCH3 is 1. The lowest BCUT2D eigenvalue weighted by Crippen LogP contribution is -2.12. The Morgan fingerprint density at radius 3 is 2.50 bits per heavy atom. The van der Waals surface area contributed by atoms with Gasteiger partial charge in [-0.15, -0.1) is 10.2 Å². The highest BCUT2D eigenvalue weighted by Gasteiger charge is 2.21. The van der Waals surface area contributed by atoms with Gasteiger partial charge >= 0.3 is 0 Å². The molecule has 5 nitrogen and oxygen atoms in total. The van der Waals surface area contributed by atoms with Crippen molar-refractivity contribution in [3.63, 3.8) is 0 Å². The first-order valence-electron chi connectivity index (χ1n) is 5.68. The lowest BCUT2D eigenvalue weighted by atomic mass is 9.85. The van der Waals surface area contributed by atoms with Gasteiger partial charge in [0.1, 0.15) is 0 Å². The molecule has 1 aromatic heterocycles. The normalized spacial score (nSPS) is 11.6. The smallest absolute Gasteiger partial charge is 0.251 e. The molecule has 0 amide bonds. The summed E-state index contributed by atoms with van der Waals surface area (Å²) < 4.78 is 10.5. The zero-order valence-electron chi connectivity index (χ0n) is 11.0. The third-order valence-corrected chi connectivity index (χ3v) is 2.78. The zero-order chi connectivity index (χ0) is 13.3. The van der Waals surface area contributed by atoms with E-state index in [4.69, 9.17) is 14.9 Å². The van der Waals surface area contributed by atoms with Crippen LogP contribution >= 0.6 is 0 Å². The molecule has 0 saturated heterocycles. The maximum absolute atomic E-state index is 6.02. The van der Waals surface area contributed by atoms with Crippen molar-refractivity contribution < 1.29 is 9.15 Å². The van der Waals surface area contributed by atoms with Crippen molar-refractivity contribution in [3.8, 4) is 17.2 Å². The largest absolute Gasteiger partial charge is 0.494 e. The molecular formula is C13H17N3O2. The number of anilines is 1. The van der Waals surface area contributed by atoms with E-state index in [1.54, 1.807) is 7.11 Å². The lowest BCUT2D eigenvalue weighted by Gasteiger charge is -2.21. The van der Waals surface area contributed by atoms with Crippen molar-refractivity contribution in [2.24, 2.45) is 0 Å². The molecular weight excluding hydrogens is 230 g/mol. The number of hydrogen-bond donors (Lipinski definition) is 1. The SMILES string of the molecule is COc1c(N)cc(C(C)(C)C)cc1-c1nnco1. The van der Waals surface area contributed by atoms with E-state index in [9.17, 15) is 0 Å². The van der Waals surface area contributed by atoms with Crippen LogP contribution in [0.2, 0.25) is 0 Å². The monoisotopic (exact) mass is 247 g/mol. The molecule has 2 N–H and O–H groups in total. The Morgan fingerprint density at radius 1 is 1.28 bits per heavy atom. The predicted molar refractivity (Wildman–Crippen MR) is 69.4 cm³/mol. The maximum Gasteiger partial charge on any atom is 0.251 e. The maximum atomic E-state index is 6.02. The van der Waals surface area contributed by atoms with E-state index in [0.717, 1.165) is 11.1 Å². The van der Waals surface area contributed by atoms with Gasteiger partial charge in [0.05, 0.1) is 18.4 Å². The van der Waals surface area contributed by atoms with E-state index in [1.807, 2.05) is 12.1 Å². The molecule has 1 aromatic carbocycles. The van der Waals surface area contributed by atoms with Crippen LogP contribution in [0.25, 0.3) is 11.5 Å². The number of nitrogens with two attached hydrogens (primary N) is 1. The Labute approximate surface area is 106 Å². The Morgan fingerprint density at radius 2 is 2.00 bits per heavy atom. The molecule has 2 aromatic rings. The average Bonchev–Trinajstić information content (AvgIpc) is 2.79. The quantitative estimate of drug-likeness (QED) is 0.826. The Bertz CT molecular complexity index is 542. The molecule has 0 saturated carbocycles. The van der Waals surface area contributed by atoms with E-state index in [-0.39, 0.29) is 5.41 Å². The van der Waals surface area contributed by atoms with Gasteiger partial charge in [-0.1, -0.05) is 20.8 Å². The van der Waals surface area contributed by atoms with E-state index < -0.39 is 0 Å². The van der Waals surface area contributed by atoms with E-state index in [2.05, 4.69) is 31.0 Å². The molecule has 0 aliphatic rings. The van der Waals surface area contributed by atoms with E-state index in [1.165, 1.54) is 6.39 Å². The molecule has 96 valence electrons. The third-order valence-electron chi connectivity index (χ3n) is 2.78. The van der Waals surface area contributed by atoms with Crippen LogP contribution in [0.15, 0.2) is 22.9 Å². The second kappa shape index (κ2) is 4.33. The molecule has 1 heterocycles. The Hall–Kier alpha value is -2.04. The molecule has 0 spiro atoms. The van der Waals surface area contributed by atoms with Crippen molar-refractivity contribution in [2.45, 2.75) is 26.2 Å². The van der Waals surface area contributed by atoms with Crippen LogP contribution < -0.4 is 10.5 Å². The minimum Gasteiger partial charge on any atom is -0.494 e. The van der Waals surface area contributed by atoms with Gasteiger partial charge in [-0.3, -0.25) is 0 Å². The fraction of sp³-hybridized carbons (Fsp3) is 0.385. The van der Waals surface area contributed by atoms with Gasteiger partial charge < -0.3 is 14.9 Å². The summed E-state index contributed by atoms with van der Waals surface area (Å²) in [5.74, 6) is 0.969. The van der Waals surface area contributed by atoms with Gasteiger partial charge in [0.2, 0.25) is 6.39 Å². The van der Waals surface area contributed by atoms with Crippen molar-refractivity contribution in [2.75, 3.05) is 12.8 Å². The minimum absolute atomic E-state index is 0.0187. The molecule has 0 fully saturated rings. The molecule has 0 aliphatic carbocycles. The number of benzene rings is 1. The van der Waals surface area contributed by atoms with Crippen LogP contribution in [-0.2, 0) is 5.41 Å². The molecule has 0 bridgehead atoms. The number of nitrogen functional groups attached to an aromatic ring is 1. The summed E-state index contributed by atoms with van der Waals surface area (Å²) in [4.78, 5) is 0. The Kier molecular flexibility index (Phi) is 2.98. The van der Waals surface area contributed by atoms with E-state index >= 15 is 0 Å². The summed E-state index contributed by atoms with van der Waals surface area (Å²) in [5.41, 5.74) is 8.38. The lowest BCUT2D eigenvalue weighted by molar-refractivity contribution is 0.416. The minimum atomic E-state index is -0.0187. The molecule has 0 atom stereocenters. The van der Waals surface area contributed by atoms with Crippen LogP contribution in [0.1, 0.15) is 26.3 Å². The van der Waals surface area contributed by atoms with Crippen molar-refractivity contribution >= 4 is 5.69 Å². The first kappa shape index (κ1) is 12.4. The fourth-order valence-electron chi connectivity index (χ4n) is 1.76. The first-order chi connectivity index (χ1) is 8.43. The summed E-state index contributed by atoms with van der Waals surface area (Å²) in [7, 11) is 1.57. The number of aromatic nitrogens is 2. The van der Waals surface area contributed by atoms with Crippen molar-refractivity contribution in [1.82, 2.24) is 10.2 Å². The van der Waals surface area contributed by atoms with Crippen LogP contribution in [0.5, 0.6) is 5.75 Å². The molecule has 5 heteroatoms. The van der Waals surface area contributed by atoms with E-state index in [0.29, 0.717) is 17.3 Å².